The highest BCUT2D eigenvalue weighted by Crippen LogP contribution is 2.72. The van der Waals surface area contributed by atoms with E-state index in [1.807, 2.05) is 0 Å². The molecule has 9 rings (SSSR count). The summed E-state index contributed by atoms with van der Waals surface area (Å²) in [5, 5.41) is 6.44. The lowest BCUT2D eigenvalue weighted by atomic mass is 9.86. The van der Waals surface area contributed by atoms with Crippen LogP contribution in [0, 0.1) is 0 Å². The summed E-state index contributed by atoms with van der Waals surface area (Å²) >= 11 is 7.04. The fraction of sp³-hybridized carbons (Fsp3) is 0.0811. The minimum absolute atomic E-state index is 0.199. The number of rotatable bonds is 1. The second kappa shape index (κ2) is 8.19. The summed E-state index contributed by atoms with van der Waals surface area (Å²) in [6, 6.07) is 38.4. The standard InChI is InChI=1S/C37H25O2PS/c1-37-20-19-25-11-4-7-15-30(25)36(37)39-32-22-26(28-16-8-12-23-9-2-5-13-27(23)28)21-31-35(32)40(37,41)33-18-17-24-10-3-6-14-29(24)34(33)38-31/h2-22,36H,1H3. The molecule has 3 unspecified atom stereocenters. The van der Waals surface area contributed by atoms with E-state index in [1.165, 1.54) is 21.9 Å². The Balaban J connectivity index is 1.39. The van der Waals surface area contributed by atoms with Crippen LogP contribution in [0.25, 0.3) is 38.7 Å². The number of ether oxygens (including phenoxy) is 2. The Morgan fingerprint density at radius 1 is 0.732 bits per heavy atom. The molecule has 0 radical (unpaired) electrons. The quantitative estimate of drug-likeness (QED) is 0.186. The third-order valence-corrected chi connectivity index (χ3v) is 15.4. The van der Waals surface area contributed by atoms with Crippen LogP contribution in [0.2, 0.25) is 0 Å². The highest BCUT2D eigenvalue weighted by atomic mass is 32.4. The topological polar surface area (TPSA) is 18.5 Å². The molecule has 4 heteroatoms. The van der Waals surface area contributed by atoms with Crippen molar-refractivity contribution in [2.24, 2.45) is 0 Å². The Labute approximate surface area is 243 Å². The molecular formula is C37H25O2PS. The Morgan fingerprint density at radius 2 is 1.44 bits per heavy atom. The zero-order valence-electron chi connectivity index (χ0n) is 22.4. The number of fused-ring (bicyclic) bond motifs is 9. The van der Waals surface area contributed by atoms with Crippen molar-refractivity contribution in [3.05, 3.63) is 132 Å². The number of hydrogen-bond donors (Lipinski definition) is 0. The Morgan fingerprint density at radius 3 is 2.32 bits per heavy atom. The van der Waals surface area contributed by atoms with Crippen LogP contribution in [0.4, 0.5) is 0 Å². The predicted molar refractivity (Wildman–Crippen MR) is 174 cm³/mol. The summed E-state index contributed by atoms with van der Waals surface area (Å²) in [5.74, 6) is 2.57. The molecule has 196 valence electrons. The van der Waals surface area contributed by atoms with E-state index in [1.54, 1.807) is 0 Å². The van der Waals surface area contributed by atoms with E-state index < -0.39 is 11.2 Å². The lowest BCUT2D eigenvalue weighted by Gasteiger charge is -2.52. The predicted octanol–water partition coefficient (Wildman–Crippen LogP) is 9.12. The van der Waals surface area contributed by atoms with E-state index in [2.05, 4.69) is 134 Å². The molecule has 0 aromatic heterocycles. The second-order valence-electron chi connectivity index (χ2n) is 11.4. The van der Waals surface area contributed by atoms with E-state index in [0.717, 1.165) is 49.8 Å². The summed E-state index contributed by atoms with van der Waals surface area (Å²) in [4.78, 5) is 0. The van der Waals surface area contributed by atoms with Crippen LogP contribution in [-0.2, 0) is 11.8 Å². The monoisotopic (exact) mass is 564 g/mol. The first-order valence-electron chi connectivity index (χ1n) is 14.0. The molecular weight excluding hydrogens is 539 g/mol. The van der Waals surface area contributed by atoms with Gasteiger partial charge in [-0.25, -0.2) is 0 Å². The van der Waals surface area contributed by atoms with Crippen molar-refractivity contribution in [3.8, 4) is 28.4 Å². The highest BCUT2D eigenvalue weighted by Gasteiger charge is 2.58. The minimum atomic E-state index is -2.49. The molecule has 3 aliphatic rings. The van der Waals surface area contributed by atoms with Crippen LogP contribution >= 0.6 is 6.04 Å². The molecule has 2 nitrogen and oxygen atoms in total. The summed E-state index contributed by atoms with van der Waals surface area (Å²) in [5.41, 5.74) is 4.61. The van der Waals surface area contributed by atoms with Crippen LogP contribution in [0.15, 0.2) is 121 Å². The molecule has 0 N–H and O–H groups in total. The maximum absolute atomic E-state index is 7.08. The molecule has 0 amide bonds. The molecule has 0 fully saturated rings. The Hall–Kier alpha value is -4.17. The Kier molecular flexibility index (Phi) is 4.70. The molecule has 6 aromatic carbocycles. The SMILES string of the molecule is CC12C=Cc3ccccc3C1Oc1cc(-c3cccc4ccccc34)cc3c1P2(=S)c1ccc2ccccc2c1O3. The lowest BCUT2D eigenvalue weighted by molar-refractivity contribution is 0.175. The van der Waals surface area contributed by atoms with Gasteiger partial charge in [0.25, 0.3) is 0 Å². The maximum atomic E-state index is 7.08. The molecule has 2 aliphatic heterocycles. The normalized spacial score (nSPS) is 23.1. The first-order chi connectivity index (χ1) is 20.1. The van der Waals surface area contributed by atoms with Gasteiger partial charge in [-0.1, -0.05) is 121 Å². The largest absolute Gasteiger partial charge is 0.483 e. The van der Waals surface area contributed by atoms with Gasteiger partial charge in [0.1, 0.15) is 23.4 Å². The molecule has 2 heterocycles. The fourth-order valence-electron chi connectivity index (χ4n) is 7.15. The van der Waals surface area contributed by atoms with Gasteiger partial charge < -0.3 is 9.47 Å². The van der Waals surface area contributed by atoms with Crippen LogP contribution < -0.4 is 20.1 Å². The van der Waals surface area contributed by atoms with E-state index in [9.17, 15) is 0 Å². The number of benzene rings is 6. The van der Waals surface area contributed by atoms with Crippen molar-refractivity contribution in [1.82, 2.24) is 0 Å². The van der Waals surface area contributed by atoms with Crippen LogP contribution in [0.3, 0.4) is 0 Å². The minimum Gasteiger partial charge on any atom is -0.483 e. The van der Waals surface area contributed by atoms with Gasteiger partial charge in [0, 0.05) is 22.3 Å². The van der Waals surface area contributed by atoms with E-state index in [0.29, 0.717) is 0 Å². The van der Waals surface area contributed by atoms with Gasteiger partial charge in [-0.3, -0.25) is 0 Å². The van der Waals surface area contributed by atoms with Gasteiger partial charge in [0.2, 0.25) is 0 Å². The van der Waals surface area contributed by atoms with Crippen LogP contribution in [0.5, 0.6) is 17.2 Å². The summed E-state index contributed by atoms with van der Waals surface area (Å²) in [6.45, 7) is 2.31. The molecule has 0 saturated carbocycles. The summed E-state index contributed by atoms with van der Waals surface area (Å²) in [6.07, 6.45) is 4.38. The van der Waals surface area contributed by atoms with Crippen molar-refractivity contribution >= 4 is 56.1 Å². The van der Waals surface area contributed by atoms with Crippen molar-refractivity contribution < 1.29 is 9.47 Å². The average Bonchev–Trinajstić information content (AvgIpc) is 3.01. The third-order valence-electron chi connectivity index (χ3n) is 9.20. The van der Waals surface area contributed by atoms with E-state index in [4.69, 9.17) is 21.3 Å². The smallest absolute Gasteiger partial charge is 0.144 e. The third kappa shape index (κ3) is 3.00. The second-order valence-corrected chi connectivity index (χ2v) is 16.1. The van der Waals surface area contributed by atoms with Crippen molar-refractivity contribution in [3.63, 3.8) is 0 Å². The first kappa shape index (κ1) is 23.5. The first-order valence-corrected chi connectivity index (χ1v) is 16.8. The molecule has 41 heavy (non-hydrogen) atoms. The highest BCUT2D eigenvalue weighted by molar-refractivity contribution is 8.23. The van der Waals surface area contributed by atoms with Gasteiger partial charge in [0.05, 0.1) is 10.5 Å². The maximum Gasteiger partial charge on any atom is 0.144 e. The van der Waals surface area contributed by atoms with Gasteiger partial charge in [-0.2, -0.15) is 0 Å². The summed E-state index contributed by atoms with van der Waals surface area (Å²) < 4.78 is 14.0. The molecule has 0 spiro atoms. The van der Waals surface area contributed by atoms with Crippen LogP contribution in [0.1, 0.15) is 24.2 Å². The van der Waals surface area contributed by atoms with Gasteiger partial charge in [-0.05, 0) is 58.0 Å². The number of hydrogen-bond acceptors (Lipinski definition) is 3. The summed E-state index contributed by atoms with van der Waals surface area (Å²) in [7, 11) is 0. The van der Waals surface area contributed by atoms with Gasteiger partial charge in [-0.15, -0.1) is 0 Å². The molecule has 3 atom stereocenters. The molecule has 0 bridgehead atoms. The van der Waals surface area contributed by atoms with Crippen molar-refractivity contribution in [1.29, 1.82) is 0 Å². The van der Waals surface area contributed by atoms with Crippen LogP contribution in [-0.4, -0.2) is 5.16 Å². The average molecular weight is 565 g/mol. The fourth-order valence-corrected chi connectivity index (χ4v) is 12.2. The van der Waals surface area contributed by atoms with E-state index in [-0.39, 0.29) is 6.10 Å². The van der Waals surface area contributed by atoms with Gasteiger partial charge >= 0.3 is 0 Å². The molecule has 1 aliphatic carbocycles. The van der Waals surface area contributed by atoms with Crippen molar-refractivity contribution in [2.75, 3.05) is 0 Å². The zero-order valence-corrected chi connectivity index (χ0v) is 24.1. The lowest BCUT2D eigenvalue weighted by Crippen LogP contribution is -2.48. The van der Waals surface area contributed by atoms with Crippen molar-refractivity contribution in [2.45, 2.75) is 18.2 Å². The zero-order chi connectivity index (χ0) is 27.3. The van der Waals surface area contributed by atoms with Gasteiger partial charge in [0.15, 0.2) is 0 Å². The Bertz CT molecular complexity index is 2180. The molecule has 6 aromatic rings. The molecule has 0 saturated heterocycles. The van der Waals surface area contributed by atoms with E-state index >= 15 is 0 Å².